The highest BCUT2D eigenvalue weighted by atomic mass is 79.9. The second kappa shape index (κ2) is 4.14. The smallest absolute Gasteiger partial charge is 0.0701 e. The van der Waals surface area contributed by atoms with Gasteiger partial charge in [-0.1, -0.05) is 19.8 Å². The second-order valence-electron chi connectivity index (χ2n) is 4.10. The average molecular weight is 259 g/mol. The minimum atomic E-state index is 0.854. The highest BCUT2D eigenvalue weighted by Gasteiger charge is 2.20. The lowest BCUT2D eigenvalue weighted by atomic mass is 9.82. The highest BCUT2D eigenvalue weighted by molar-refractivity contribution is 9.11. The standard InChI is InChI=1S/C11H15BrS/c1-8-2-4-9(5-3-8)10-6-7-11(12)13-10/h6-9H,2-5H2,1H3. The summed E-state index contributed by atoms with van der Waals surface area (Å²) in [6.07, 6.45) is 5.63. The number of hydrogen-bond acceptors (Lipinski definition) is 1. The van der Waals surface area contributed by atoms with E-state index in [1.165, 1.54) is 29.5 Å². The lowest BCUT2D eigenvalue weighted by molar-refractivity contribution is 0.350. The van der Waals surface area contributed by atoms with Crippen LogP contribution in [0.5, 0.6) is 0 Å². The van der Waals surface area contributed by atoms with Crippen LogP contribution in [0.25, 0.3) is 0 Å². The summed E-state index contributed by atoms with van der Waals surface area (Å²) >= 11 is 5.44. The molecule has 1 aromatic heterocycles. The molecule has 0 N–H and O–H groups in total. The molecule has 0 bridgehead atoms. The van der Waals surface area contributed by atoms with Gasteiger partial charge in [-0.15, -0.1) is 11.3 Å². The summed E-state index contributed by atoms with van der Waals surface area (Å²) in [4.78, 5) is 1.58. The van der Waals surface area contributed by atoms with E-state index in [0.29, 0.717) is 0 Å². The van der Waals surface area contributed by atoms with Crippen LogP contribution >= 0.6 is 27.3 Å². The van der Waals surface area contributed by atoms with Gasteiger partial charge in [-0.05, 0) is 52.7 Å². The molecule has 2 rings (SSSR count). The van der Waals surface area contributed by atoms with Gasteiger partial charge in [-0.2, -0.15) is 0 Å². The van der Waals surface area contributed by atoms with Gasteiger partial charge in [0.1, 0.15) is 0 Å². The Kier molecular flexibility index (Phi) is 3.10. The molecule has 0 spiro atoms. The summed E-state index contributed by atoms with van der Waals surface area (Å²) in [5.74, 6) is 1.81. The van der Waals surface area contributed by atoms with Gasteiger partial charge in [0.05, 0.1) is 3.79 Å². The van der Waals surface area contributed by atoms with Crippen molar-refractivity contribution in [3.05, 3.63) is 20.8 Å². The summed E-state index contributed by atoms with van der Waals surface area (Å²) in [5, 5.41) is 0. The Bertz CT molecular complexity index is 271. The maximum Gasteiger partial charge on any atom is 0.0701 e. The van der Waals surface area contributed by atoms with Crippen LogP contribution in [0, 0.1) is 5.92 Å². The highest BCUT2D eigenvalue weighted by Crippen LogP contribution is 2.39. The molecule has 2 heteroatoms. The van der Waals surface area contributed by atoms with Crippen LogP contribution in [0.3, 0.4) is 0 Å². The number of thiophene rings is 1. The molecule has 72 valence electrons. The zero-order chi connectivity index (χ0) is 9.26. The Balaban J connectivity index is 2.02. The Labute approximate surface area is 92.5 Å². The number of hydrogen-bond donors (Lipinski definition) is 0. The minimum absolute atomic E-state index is 0.854. The average Bonchev–Trinajstić information content (AvgIpc) is 2.53. The maximum absolute atomic E-state index is 3.53. The molecule has 13 heavy (non-hydrogen) atoms. The molecule has 0 radical (unpaired) electrons. The van der Waals surface area contributed by atoms with Gasteiger partial charge in [-0.3, -0.25) is 0 Å². The molecule has 1 aromatic rings. The molecular formula is C11H15BrS. The van der Waals surface area contributed by atoms with Gasteiger partial charge in [0, 0.05) is 4.88 Å². The van der Waals surface area contributed by atoms with Crippen LogP contribution in [0.1, 0.15) is 43.4 Å². The third-order valence-corrected chi connectivity index (χ3v) is 4.80. The van der Waals surface area contributed by atoms with Gasteiger partial charge < -0.3 is 0 Å². The van der Waals surface area contributed by atoms with Crippen LogP contribution in [0.15, 0.2) is 15.9 Å². The molecule has 0 amide bonds. The van der Waals surface area contributed by atoms with Crippen molar-refractivity contribution in [2.24, 2.45) is 5.92 Å². The summed E-state index contributed by atoms with van der Waals surface area (Å²) < 4.78 is 1.28. The summed E-state index contributed by atoms with van der Waals surface area (Å²) in [7, 11) is 0. The van der Waals surface area contributed by atoms with Crippen molar-refractivity contribution in [3.8, 4) is 0 Å². The first-order valence-electron chi connectivity index (χ1n) is 5.01. The summed E-state index contributed by atoms with van der Waals surface area (Å²) in [5.41, 5.74) is 0. The van der Waals surface area contributed by atoms with Crippen molar-refractivity contribution in [2.45, 2.75) is 38.5 Å². The zero-order valence-electron chi connectivity index (χ0n) is 7.92. The fourth-order valence-corrected chi connectivity index (χ4v) is 3.68. The van der Waals surface area contributed by atoms with Gasteiger partial charge in [0.25, 0.3) is 0 Å². The van der Waals surface area contributed by atoms with E-state index in [0.717, 1.165) is 11.8 Å². The van der Waals surface area contributed by atoms with E-state index < -0.39 is 0 Å². The Morgan fingerprint density at radius 3 is 2.46 bits per heavy atom. The van der Waals surface area contributed by atoms with Crippen molar-refractivity contribution >= 4 is 27.3 Å². The van der Waals surface area contributed by atoms with Crippen molar-refractivity contribution in [1.29, 1.82) is 0 Å². The molecule has 0 aromatic carbocycles. The molecular weight excluding hydrogens is 244 g/mol. The number of halogens is 1. The van der Waals surface area contributed by atoms with E-state index in [9.17, 15) is 0 Å². The van der Waals surface area contributed by atoms with E-state index in [1.807, 2.05) is 11.3 Å². The van der Waals surface area contributed by atoms with E-state index in [2.05, 4.69) is 35.0 Å². The molecule has 0 unspecified atom stereocenters. The van der Waals surface area contributed by atoms with Gasteiger partial charge in [-0.25, -0.2) is 0 Å². The van der Waals surface area contributed by atoms with E-state index >= 15 is 0 Å². The topological polar surface area (TPSA) is 0 Å². The van der Waals surface area contributed by atoms with E-state index in [1.54, 1.807) is 4.88 Å². The van der Waals surface area contributed by atoms with Crippen molar-refractivity contribution < 1.29 is 0 Å². The normalized spacial score (nSPS) is 29.1. The summed E-state index contributed by atoms with van der Waals surface area (Å²) in [6.45, 7) is 2.38. The summed E-state index contributed by atoms with van der Waals surface area (Å²) in [6, 6.07) is 4.47. The molecule has 0 saturated heterocycles. The van der Waals surface area contributed by atoms with Crippen LogP contribution in [-0.2, 0) is 0 Å². The lowest BCUT2D eigenvalue weighted by Gasteiger charge is -2.25. The van der Waals surface area contributed by atoms with E-state index in [-0.39, 0.29) is 0 Å². The zero-order valence-corrected chi connectivity index (χ0v) is 10.3. The third-order valence-electron chi connectivity index (χ3n) is 3.01. The second-order valence-corrected chi connectivity index (χ2v) is 6.59. The molecule has 0 nitrogen and oxygen atoms in total. The molecule has 1 heterocycles. The van der Waals surface area contributed by atoms with Crippen molar-refractivity contribution in [3.63, 3.8) is 0 Å². The monoisotopic (exact) mass is 258 g/mol. The quantitative estimate of drug-likeness (QED) is 0.679. The minimum Gasteiger partial charge on any atom is -0.133 e. The van der Waals surface area contributed by atoms with E-state index in [4.69, 9.17) is 0 Å². The molecule has 1 aliphatic carbocycles. The van der Waals surface area contributed by atoms with Crippen molar-refractivity contribution in [2.75, 3.05) is 0 Å². The first kappa shape index (κ1) is 9.72. The Morgan fingerprint density at radius 1 is 1.23 bits per heavy atom. The van der Waals surface area contributed by atoms with Crippen molar-refractivity contribution in [1.82, 2.24) is 0 Å². The van der Waals surface area contributed by atoms with Crippen LogP contribution in [-0.4, -0.2) is 0 Å². The molecule has 1 fully saturated rings. The SMILES string of the molecule is CC1CCC(c2ccc(Br)s2)CC1. The fourth-order valence-electron chi connectivity index (χ4n) is 2.09. The first-order chi connectivity index (χ1) is 6.25. The first-order valence-corrected chi connectivity index (χ1v) is 6.62. The third kappa shape index (κ3) is 2.35. The van der Waals surface area contributed by atoms with Crippen LogP contribution < -0.4 is 0 Å². The molecule has 0 aliphatic heterocycles. The lowest BCUT2D eigenvalue weighted by Crippen LogP contribution is -2.09. The molecule has 0 atom stereocenters. The van der Waals surface area contributed by atoms with Crippen LogP contribution in [0.2, 0.25) is 0 Å². The molecule has 1 saturated carbocycles. The predicted octanol–water partition coefficient (Wildman–Crippen LogP) is 4.80. The largest absolute Gasteiger partial charge is 0.133 e. The number of rotatable bonds is 1. The van der Waals surface area contributed by atoms with Gasteiger partial charge in [0.2, 0.25) is 0 Å². The van der Waals surface area contributed by atoms with Gasteiger partial charge in [0.15, 0.2) is 0 Å². The Hall–Kier alpha value is 0.180. The predicted molar refractivity (Wildman–Crippen MR) is 62.4 cm³/mol. The fraction of sp³-hybridized carbons (Fsp3) is 0.636. The van der Waals surface area contributed by atoms with Gasteiger partial charge >= 0.3 is 0 Å². The maximum atomic E-state index is 3.53. The van der Waals surface area contributed by atoms with Crippen LogP contribution in [0.4, 0.5) is 0 Å². The molecule has 1 aliphatic rings. The Morgan fingerprint density at radius 2 is 1.92 bits per heavy atom.